The van der Waals surface area contributed by atoms with E-state index in [0.29, 0.717) is 11.8 Å². The fraction of sp³-hybridized carbons (Fsp3) is 0.600. The predicted octanol–water partition coefficient (Wildman–Crippen LogP) is 2.92. The predicted molar refractivity (Wildman–Crippen MR) is 75.5 cm³/mol. The van der Waals surface area contributed by atoms with Gasteiger partial charge in [-0.1, -0.05) is 19.1 Å². The number of rotatable bonds is 8. The first-order chi connectivity index (χ1) is 9.82. The lowest BCUT2D eigenvalue weighted by atomic mass is 10.1. The van der Waals surface area contributed by atoms with Crippen LogP contribution in [0.4, 0.5) is 13.2 Å². The van der Waals surface area contributed by atoms with Crippen LogP contribution in [0.1, 0.15) is 25.8 Å². The smallest absolute Gasteiger partial charge is 0.417 e. The summed E-state index contributed by atoms with van der Waals surface area (Å²) in [6, 6.07) is 7.21. The van der Waals surface area contributed by atoms with E-state index in [0.717, 1.165) is 24.9 Å². The van der Waals surface area contributed by atoms with Gasteiger partial charge < -0.3 is 15.2 Å². The SMILES string of the molecule is CCCNC(C)Cc1ccc(OCC(O)C(F)(F)F)cc1. The van der Waals surface area contributed by atoms with Gasteiger partial charge in [-0.15, -0.1) is 0 Å². The summed E-state index contributed by atoms with van der Waals surface area (Å²) in [6.07, 6.45) is -5.21. The van der Waals surface area contributed by atoms with Gasteiger partial charge in [0.1, 0.15) is 12.4 Å². The van der Waals surface area contributed by atoms with E-state index in [-0.39, 0.29) is 0 Å². The summed E-state index contributed by atoms with van der Waals surface area (Å²) in [6.45, 7) is 4.34. The van der Waals surface area contributed by atoms with Crippen molar-refractivity contribution in [2.45, 2.75) is 45.0 Å². The maximum absolute atomic E-state index is 12.1. The second kappa shape index (κ2) is 8.24. The van der Waals surface area contributed by atoms with E-state index >= 15 is 0 Å². The molecule has 2 unspecified atom stereocenters. The molecule has 1 aromatic rings. The van der Waals surface area contributed by atoms with Crippen LogP contribution in [0.2, 0.25) is 0 Å². The van der Waals surface area contributed by atoms with Crippen molar-refractivity contribution < 1.29 is 23.0 Å². The molecule has 0 amide bonds. The third-order valence-electron chi connectivity index (χ3n) is 2.99. The Morgan fingerprint density at radius 1 is 1.24 bits per heavy atom. The van der Waals surface area contributed by atoms with E-state index in [1.54, 1.807) is 12.1 Å². The number of alkyl halides is 3. The zero-order chi connectivity index (χ0) is 15.9. The molecule has 3 nitrogen and oxygen atoms in total. The van der Waals surface area contributed by atoms with Gasteiger partial charge >= 0.3 is 6.18 Å². The third kappa shape index (κ3) is 6.82. The molecule has 21 heavy (non-hydrogen) atoms. The van der Waals surface area contributed by atoms with Gasteiger partial charge in [0.05, 0.1) is 0 Å². The van der Waals surface area contributed by atoms with Crippen molar-refractivity contribution in [2.75, 3.05) is 13.2 Å². The monoisotopic (exact) mass is 305 g/mol. The van der Waals surface area contributed by atoms with Crippen LogP contribution >= 0.6 is 0 Å². The topological polar surface area (TPSA) is 41.5 Å². The van der Waals surface area contributed by atoms with E-state index in [1.807, 2.05) is 12.1 Å². The highest BCUT2D eigenvalue weighted by atomic mass is 19.4. The molecule has 0 aliphatic carbocycles. The Labute approximate surface area is 123 Å². The molecule has 0 aromatic heterocycles. The van der Waals surface area contributed by atoms with Gasteiger partial charge in [0.2, 0.25) is 0 Å². The Balaban J connectivity index is 2.43. The first kappa shape index (κ1) is 17.8. The number of halogens is 3. The molecule has 0 aliphatic rings. The van der Waals surface area contributed by atoms with E-state index in [9.17, 15) is 13.2 Å². The number of benzene rings is 1. The lowest BCUT2D eigenvalue weighted by molar-refractivity contribution is -0.210. The minimum absolute atomic E-state index is 0.316. The van der Waals surface area contributed by atoms with Crippen LogP contribution < -0.4 is 10.1 Å². The third-order valence-corrected chi connectivity index (χ3v) is 2.99. The zero-order valence-corrected chi connectivity index (χ0v) is 12.3. The summed E-state index contributed by atoms with van der Waals surface area (Å²) in [7, 11) is 0. The van der Waals surface area contributed by atoms with Crippen LogP contribution in [-0.4, -0.2) is 36.6 Å². The molecule has 0 fully saturated rings. The van der Waals surface area contributed by atoms with Crippen LogP contribution in [-0.2, 0) is 6.42 Å². The Bertz CT molecular complexity index is 406. The molecule has 0 saturated carbocycles. The van der Waals surface area contributed by atoms with Crippen molar-refractivity contribution in [2.24, 2.45) is 0 Å². The standard InChI is InChI=1S/C15H22F3NO2/c1-3-8-19-11(2)9-12-4-6-13(7-5-12)21-10-14(20)15(16,17)18/h4-7,11,14,19-20H,3,8-10H2,1-2H3. The summed E-state index contributed by atoms with van der Waals surface area (Å²) in [4.78, 5) is 0. The molecule has 2 N–H and O–H groups in total. The molecule has 0 heterocycles. The van der Waals surface area contributed by atoms with Crippen molar-refractivity contribution >= 4 is 0 Å². The number of aliphatic hydroxyl groups excluding tert-OH is 1. The molecule has 2 atom stereocenters. The van der Waals surface area contributed by atoms with Crippen molar-refractivity contribution in [3.05, 3.63) is 29.8 Å². The van der Waals surface area contributed by atoms with E-state index < -0.39 is 18.9 Å². The highest BCUT2D eigenvalue weighted by molar-refractivity contribution is 5.27. The normalized spacial score (nSPS) is 14.8. The molecule has 6 heteroatoms. The molecule has 1 aromatic carbocycles. The summed E-state index contributed by atoms with van der Waals surface area (Å²) in [5.41, 5.74) is 1.08. The maximum Gasteiger partial charge on any atom is 0.417 e. The number of ether oxygens (including phenoxy) is 1. The van der Waals surface area contributed by atoms with E-state index in [1.165, 1.54) is 0 Å². The Kier molecular flexibility index (Phi) is 6.98. The van der Waals surface area contributed by atoms with E-state index in [4.69, 9.17) is 9.84 Å². The summed E-state index contributed by atoms with van der Waals surface area (Å²) < 4.78 is 41.3. The summed E-state index contributed by atoms with van der Waals surface area (Å²) in [5, 5.41) is 12.2. The van der Waals surface area contributed by atoms with E-state index in [2.05, 4.69) is 19.2 Å². The zero-order valence-electron chi connectivity index (χ0n) is 12.3. The van der Waals surface area contributed by atoms with Gasteiger partial charge in [-0.3, -0.25) is 0 Å². The lowest BCUT2D eigenvalue weighted by Gasteiger charge is -2.16. The Morgan fingerprint density at radius 3 is 2.38 bits per heavy atom. The molecule has 0 aliphatic heterocycles. The number of hydrogen-bond acceptors (Lipinski definition) is 3. The lowest BCUT2D eigenvalue weighted by Crippen LogP contribution is -2.34. The van der Waals surface area contributed by atoms with Crippen LogP contribution in [0, 0.1) is 0 Å². The average molecular weight is 305 g/mol. The highest BCUT2D eigenvalue weighted by Crippen LogP contribution is 2.21. The van der Waals surface area contributed by atoms with Crippen molar-refractivity contribution in [1.82, 2.24) is 5.32 Å². The van der Waals surface area contributed by atoms with Gasteiger partial charge in [0.25, 0.3) is 0 Å². The summed E-state index contributed by atoms with van der Waals surface area (Å²) >= 11 is 0. The molecular formula is C15H22F3NO2. The molecule has 0 spiro atoms. The van der Waals surface area contributed by atoms with Gasteiger partial charge in [-0.25, -0.2) is 0 Å². The van der Waals surface area contributed by atoms with Crippen molar-refractivity contribution in [3.63, 3.8) is 0 Å². The molecule has 0 saturated heterocycles. The second-order valence-corrected chi connectivity index (χ2v) is 5.07. The van der Waals surface area contributed by atoms with Gasteiger partial charge in [-0.05, 0) is 44.0 Å². The van der Waals surface area contributed by atoms with Crippen LogP contribution in [0.5, 0.6) is 5.75 Å². The quantitative estimate of drug-likeness (QED) is 0.776. The van der Waals surface area contributed by atoms with Crippen LogP contribution in [0.15, 0.2) is 24.3 Å². The molecular weight excluding hydrogens is 283 g/mol. The largest absolute Gasteiger partial charge is 0.491 e. The van der Waals surface area contributed by atoms with Gasteiger partial charge in [0.15, 0.2) is 6.10 Å². The van der Waals surface area contributed by atoms with Crippen LogP contribution in [0.3, 0.4) is 0 Å². The molecule has 0 radical (unpaired) electrons. The minimum atomic E-state index is -4.65. The molecule has 120 valence electrons. The Hall–Kier alpha value is -1.27. The first-order valence-corrected chi connectivity index (χ1v) is 7.02. The second-order valence-electron chi connectivity index (χ2n) is 5.07. The fourth-order valence-corrected chi connectivity index (χ4v) is 1.81. The Morgan fingerprint density at radius 2 is 1.86 bits per heavy atom. The average Bonchev–Trinajstić information content (AvgIpc) is 2.43. The van der Waals surface area contributed by atoms with Gasteiger partial charge in [-0.2, -0.15) is 13.2 Å². The van der Waals surface area contributed by atoms with Crippen LogP contribution in [0.25, 0.3) is 0 Å². The number of hydrogen-bond donors (Lipinski definition) is 2. The fourth-order valence-electron chi connectivity index (χ4n) is 1.81. The van der Waals surface area contributed by atoms with Gasteiger partial charge in [0, 0.05) is 6.04 Å². The molecule has 0 bridgehead atoms. The number of nitrogens with one attached hydrogen (secondary N) is 1. The highest BCUT2D eigenvalue weighted by Gasteiger charge is 2.38. The maximum atomic E-state index is 12.1. The number of aliphatic hydroxyl groups is 1. The first-order valence-electron chi connectivity index (χ1n) is 7.02. The minimum Gasteiger partial charge on any atom is -0.491 e. The summed E-state index contributed by atoms with van der Waals surface area (Å²) in [5.74, 6) is 0.316. The van der Waals surface area contributed by atoms with Crippen molar-refractivity contribution in [1.29, 1.82) is 0 Å². The van der Waals surface area contributed by atoms with Crippen molar-refractivity contribution in [3.8, 4) is 5.75 Å². The molecule has 1 rings (SSSR count).